The number of ether oxygens (including phenoxy) is 1. The van der Waals surface area contributed by atoms with Gasteiger partial charge < -0.3 is 19.8 Å². The summed E-state index contributed by atoms with van der Waals surface area (Å²) in [4.78, 5) is 13.0. The maximum absolute atomic E-state index is 13.2. The number of carbonyl (C=O) groups excluding carboxylic acids is 1. The van der Waals surface area contributed by atoms with Crippen LogP contribution < -0.4 is 20.1 Å². The molecule has 1 saturated heterocycles. The molecule has 1 aliphatic carbocycles. The van der Waals surface area contributed by atoms with Gasteiger partial charge in [-0.2, -0.15) is 0 Å². The summed E-state index contributed by atoms with van der Waals surface area (Å²) in [6.45, 7) is 1.39. The van der Waals surface area contributed by atoms with Gasteiger partial charge in [-0.05, 0) is 84.8 Å². The van der Waals surface area contributed by atoms with Gasteiger partial charge in [0.2, 0.25) is 10.0 Å². The first-order chi connectivity index (χ1) is 18.8. The molecule has 1 aliphatic heterocycles. The first-order valence-corrected chi connectivity index (χ1v) is 14.5. The number of sulfonamides is 1. The topological polar surface area (TPSA) is 110 Å². The Morgan fingerprint density at radius 2 is 1.72 bits per heavy atom. The number of fused-ring (bicyclic) bond motifs is 1. The van der Waals surface area contributed by atoms with Crippen LogP contribution in [0.5, 0.6) is 11.5 Å². The number of hydrogen-bond acceptors (Lipinski definition) is 6. The Balaban J connectivity index is 1.37. The van der Waals surface area contributed by atoms with Crippen molar-refractivity contribution >= 4 is 32.6 Å². The molecule has 8 nitrogen and oxygen atoms in total. The molecule has 2 aliphatic rings. The van der Waals surface area contributed by atoms with Gasteiger partial charge in [0.25, 0.3) is 5.91 Å². The monoisotopic (exact) mass is 549 g/mol. The fraction of sp³-hybridized carbons (Fsp3) is 0.276. The highest BCUT2D eigenvalue weighted by molar-refractivity contribution is 7.92. The summed E-state index contributed by atoms with van der Waals surface area (Å²) >= 11 is 0. The average molecular weight is 550 g/mol. The van der Waals surface area contributed by atoms with Crippen LogP contribution in [-0.4, -0.2) is 40.2 Å². The summed E-state index contributed by atoms with van der Waals surface area (Å²) in [7, 11) is -1.99. The summed E-state index contributed by atoms with van der Waals surface area (Å²) in [5.41, 5.74) is 2.84. The van der Waals surface area contributed by atoms with Crippen molar-refractivity contribution in [3.63, 3.8) is 0 Å². The Morgan fingerprint density at radius 1 is 1.05 bits per heavy atom. The molecular formula is C29H28FN3O5S. The van der Waals surface area contributed by atoms with E-state index in [1.54, 1.807) is 49.5 Å². The summed E-state index contributed by atoms with van der Waals surface area (Å²) in [5.74, 6) is 1.15. The van der Waals surface area contributed by atoms with Crippen molar-refractivity contribution in [2.45, 2.75) is 18.8 Å². The maximum Gasteiger partial charge on any atom is 0.255 e. The molecule has 39 heavy (non-hydrogen) atoms. The predicted molar refractivity (Wildman–Crippen MR) is 147 cm³/mol. The highest BCUT2D eigenvalue weighted by Crippen LogP contribution is 2.47. The van der Waals surface area contributed by atoms with Crippen LogP contribution in [0.4, 0.5) is 10.1 Å². The lowest BCUT2D eigenvalue weighted by molar-refractivity contribution is 0.0964. The largest absolute Gasteiger partial charge is 0.457 e. The van der Waals surface area contributed by atoms with Gasteiger partial charge in [-0.1, -0.05) is 0 Å². The van der Waals surface area contributed by atoms with Crippen LogP contribution in [0.15, 0.2) is 65.1 Å². The first-order valence-electron chi connectivity index (χ1n) is 12.9. The molecule has 2 fully saturated rings. The molecule has 3 aromatic carbocycles. The zero-order chi connectivity index (χ0) is 27.1. The van der Waals surface area contributed by atoms with Crippen molar-refractivity contribution < 1.29 is 26.8 Å². The normalized spacial score (nSPS) is 15.6. The van der Waals surface area contributed by atoms with Crippen molar-refractivity contribution in [3.8, 4) is 22.8 Å². The van der Waals surface area contributed by atoms with Crippen molar-refractivity contribution in [3.05, 3.63) is 77.6 Å². The summed E-state index contributed by atoms with van der Waals surface area (Å²) in [6.07, 6.45) is 1.92. The van der Waals surface area contributed by atoms with E-state index in [0.29, 0.717) is 58.1 Å². The number of anilines is 1. The van der Waals surface area contributed by atoms with E-state index in [-0.39, 0.29) is 29.3 Å². The minimum Gasteiger partial charge on any atom is -0.457 e. The second-order valence-electron chi connectivity index (χ2n) is 10.1. The van der Waals surface area contributed by atoms with E-state index in [1.165, 1.54) is 12.1 Å². The Labute approximate surface area is 225 Å². The molecule has 1 amide bonds. The number of amides is 1. The standard InChI is InChI=1S/C29H28FN3O5S/c1-31-29(34)27-24-12-23(18-2-3-18)25(33-39(35,36)16-17-14-32-15-17)13-26(24)38-28(27)19-4-8-21(9-5-19)37-22-10-6-20(30)7-11-22/h4-13,17-18,32-33H,2-3,14-16H2,1H3,(H,31,34). The third-order valence-corrected chi connectivity index (χ3v) is 8.53. The second-order valence-corrected chi connectivity index (χ2v) is 11.9. The molecule has 1 saturated carbocycles. The Morgan fingerprint density at radius 3 is 2.31 bits per heavy atom. The maximum atomic E-state index is 13.2. The van der Waals surface area contributed by atoms with Crippen LogP contribution >= 0.6 is 0 Å². The smallest absolute Gasteiger partial charge is 0.255 e. The van der Waals surface area contributed by atoms with Gasteiger partial charge in [0, 0.05) is 37.2 Å². The van der Waals surface area contributed by atoms with E-state index in [9.17, 15) is 17.6 Å². The Hall–Kier alpha value is -3.89. The summed E-state index contributed by atoms with van der Waals surface area (Å²) in [6, 6.07) is 16.3. The molecule has 2 heterocycles. The number of hydrogen-bond donors (Lipinski definition) is 3. The number of rotatable bonds is 9. The highest BCUT2D eigenvalue weighted by atomic mass is 32.2. The van der Waals surface area contributed by atoms with Gasteiger partial charge in [0.15, 0.2) is 0 Å². The number of benzene rings is 3. The lowest BCUT2D eigenvalue weighted by atomic mass is 10.0. The molecule has 0 bridgehead atoms. The van der Waals surface area contributed by atoms with E-state index in [2.05, 4.69) is 15.4 Å². The number of halogens is 1. The SMILES string of the molecule is CNC(=O)c1c(-c2ccc(Oc3ccc(F)cc3)cc2)oc2cc(NS(=O)(=O)CC3CNC3)c(C3CC3)cc12. The van der Waals surface area contributed by atoms with E-state index in [4.69, 9.17) is 9.15 Å². The lowest BCUT2D eigenvalue weighted by Crippen LogP contribution is -2.46. The van der Waals surface area contributed by atoms with Gasteiger partial charge in [-0.3, -0.25) is 9.52 Å². The molecule has 10 heteroatoms. The van der Waals surface area contributed by atoms with Crippen LogP contribution in [0.3, 0.4) is 0 Å². The van der Waals surface area contributed by atoms with E-state index >= 15 is 0 Å². The van der Waals surface area contributed by atoms with Gasteiger partial charge >= 0.3 is 0 Å². The molecule has 202 valence electrons. The number of nitrogens with one attached hydrogen (secondary N) is 3. The minimum absolute atomic E-state index is 0.0569. The molecule has 4 aromatic rings. The zero-order valence-electron chi connectivity index (χ0n) is 21.3. The minimum atomic E-state index is -3.55. The predicted octanol–water partition coefficient (Wildman–Crippen LogP) is 5.23. The van der Waals surface area contributed by atoms with Crippen molar-refractivity contribution in [1.29, 1.82) is 0 Å². The van der Waals surface area contributed by atoms with Crippen molar-refractivity contribution in [2.24, 2.45) is 5.92 Å². The van der Waals surface area contributed by atoms with Crippen LogP contribution in [-0.2, 0) is 10.0 Å². The van der Waals surface area contributed by atoms with Crippen LogP contribution in [0.25, 0.3) is 22.3 Å². The molecule has 1 aromatic heterocycles. The molecule has 0 atom stereocenters. The second kappa shape index (κ2) is 10.0. The van der Waals surface area contributed by atoms with E-state index in [0.717, 1.165) is 18.4 Å². The van der Waals surface area contributed by atoms with Gasteiger partial charge in [-0.25, -0.2) is 12.8 Å². The van der Waals surface area contributed by atoms with Crippen molar-refractivity contribution in [1.82, 2.24) is 10.6 Å². The highest BCUT2D eigenvalue weighted by Gasteiger charge is 2.32. The summed E-state index contributed by atoms with van der Waals surface area (Å²) < 4.78 is 53.8. The number of furan rings is 1. The van der Waals surface area contributed by atoms with Crippen LogP contribution in [0, 0.1) is 11.7 Å². The molecule has 0 unspecified atom stereocenters. The molecule has 3 N–H and O–H groups in total. The molecular weight excluding hydrogens is 521 g/mol. The fourth-order valence-electron chi connectivity index (χ4n) is 4.83. The van der Waals surface area contributed by atoms with Gasteiger partial charge in [0.05, 0.1) is 17.0 Å². The fourth-order valence-corrected chi connectivity index (χ4v) is 6.28. The van der Waals surface area contributed by atoms with E-state index in [1.807, 2.05) is 6.07 Å². The molecule has 0 spiro atoms. The Kier molecular flexibility index (Phi) is 6.52. The van der Waals surface area contributed by atoms with Crippen molar-refractivity contribution in [2.75, 3.05) is 30.6 Å². The van der Waals surface area contributed by atoms with Gasteiger partial charge in [-0.15, -0.1) is 0 Å². The first kappa shape index (κ1) is 25.4. The van der Waals surface area contributed by atoms with Gasteiger partial charge in [0.1, 0.15) is 28.7 Å². The Bertz CT molecular complexity index is 1640. The summed E-state index contributed by atoms with van der Waals surface area (Å²) in [5, 5.41) is 6.43. The lowest BCUT2D eigenvalue weighted by Gasteiger charge is -2.27. The van der Waals surface area contributed by atoms with Crippen LogP contribution in [0.1, 0.15) is 34.7 Å². The zero-order valence-corrected chi connectivity index (χ0v) is 22.1. The van der Waals surface area contributed by atoms with Crippen LogP contribution in [0.2, 0.25) is 0 Å². The third kappa shape index (κ3) is 5.35. The third-order valence-electron chi connectivity index (χ3n) is 7.08. The quantitative estimate of drug-likeness (QED) is 0.264. The molecule has 6 rings (SSSR count). The average Bonchev–Trinajstić information content (AvgIpc) is 3.67. The number of carbonyl (C=O) groups is 1. The molecule has 0 radical (unpaired) electrons. The van der Waals surface area contributed by atoms with E-state index < -0.39 is 10.0 Å².